The van der Waals surface area contributed by atoms with Crippen LogP contribution in [0.3, 0.4) is 0 Å². The lowest BCUT2D eigenvalue weighted by atomic mass is 10.3. The molecule has 0 saturated heterocycles. The molecule has 3 aromatic rings. The fourth-order valence-corrected chi connectivity index (χ4v) is 1.67. The number of fused-ring (bicyclic) bond motifs is 1. The Bertz CT molecular complexity index is 606. The fourth-order valence-electron chi connectivity index (χ4n) is 1.67. The Morgan fingerprint density at radius 3 is 2.80 bits per heavy atom. The maximum absolute atomic E-state index is 4.32. The van der Waals surface area contributed by atoms with Crippen LogP contribution >= 0.6 is 0 Å². The highest BCUT2D eigenvalue weighted by molar-refractivity contribution is 5.79. The van der Waals surface area contributed by atoms with Gasteiger partial charge in [-0.1, -0.05) is 18.2 Å². The van der Waals surface area contributed by atoms with Crippen LogP contribution in [-0.2, 0) is 7.05 Å². The highest BCUT2D eigenvalue weighted by atomic mass is 15.4. The summed E-state index contributed by atoms with van der Waals surface area (Å²) in [6.07, 6.45) is 3.76. The number of rotatable bonds is 1. The molecule has 0 spiro atoms. The molecule has 0 N–H and O–H groups in total. The third kappa shape index (κ3) is 1.22. The first-order valence-electron chi connectivity index (χ1n) is 4.77. The van der Waals surface area contributed by atoms with Crippen molar-refractivity contribution < 1.29 is 0 Å². The third-order valence-electron chi connectivity index (χ3n) is 2.39. The van der Waals surface area contributed by atoms with E-state index in [-0.39, 0.29) is 0 Å². The van der Waals surface area contributed by atoms with Crippen molar-refractivity contribution in [2.45, 2.75) is 0 Å². The first-order valence-corrected chi connectivity index (χ1v) is 4.77. The van der Waals surface area contributed by atoms with Crippen molar-refractivity contribution in [3.63, 3.8) is 0 Å². The standard InChI is InChI=1S/C11H10N4/c1-14-7-6-11(13-14)15-10-5-3-2-4-9(10)8-12-15/h2-8H,1H3. The number of hydrogen-bond acceptors (Lipinski definition) is 2. The minimum Gasteiger partial charge on any atom is -0.274 e. The van der Waals surface area contributed by atoms with Gasteiger partial charge in [0, 0.05) is 24.7 Å². The second-order valence-electron chi connectivity index (χ2n) is 3.46. The van der Waals surface area contributed by atoms with Crippen molar-refractivity contribution in [3.05, 3.63) is 42.7 Å². The van der Waals surface area contributed by atoms with Crippen LogP contribution < -0.4 is 0 Å². The Morgan fingerprint density at radius 2 is 2.00 bits per heavy atom. The van der Waals surface area contributed by atoms with E-state index in [4.69, 9.17) is 0 Å². The summed E-state index contributed by atoms with van der Waals surface area (Å²) in [5.74, 6) is 0.846. The Kier molecular flexibility index (Phi) is 1.62. The van der Waals surface area contributed by atoms with Crippen LogP contribution in [0.15, 0.2) is 42.7 Å². The molecular weight excluding hydrogens is 188 g/mol. The highest BCUT2D eigenvalue weighted by Crippen LogP contribution is 2.15. The number of nitrogens with zero attached hydrogens (tertiary/aromatic N) is 4. The van der Waals surface area contributed by atoms with Crippen LogP contribution in [0.25, 0.3) is 16.7 Å². The molecule has 0 radical (unpaired) electrons. The van der Waals surface area contributed by atoms with Gasteiger partial charge in [0.1, 0.15) is 0 Å². The van der Waals surface area contributed by atoms with Crippen molar-refractivity contribution in [2.24, 2.45) is 7.05 Å². The lowest BCUT2D eigenvalue weighted by Gasteiger charge is -1.97. The van der Waals surface area contributed by atoms with E-state index in [1.807, 2.05) is 54.5 Å². The zero-order valence-corrected chi connectivity index (χ0v) is 8.33. The van der Waals surface area contributed by atoms with Crippen LogP contribution in [0.2, 0.25) is 0 Å². The van der Waals surface area contributed by atoms with E-state index in [9.17, 15) is 0 Å². The van der Waals surface area contributed by atoms with E-state index in [2.05, 4.69) is 10.2 Å². The van der Waals surface area contributed by atoms with Crippen molar-refractivity contribution >= 4 is 10.9 Å². The van der Waals surface area contributed by atoms with E-state index in [1.165, 1.54) is 0 Å². The Hall–Kier alpha value is -2.10. The molecule has 4 heteroatoms. The van der Waals surface area contributed by atoms with E-state index in [0.717, 1.165) is 16.7 Å². The molecule has 2 heterocycles. The van der Waals surface area contributed by atoms with Crippen LogP contribution in [0.4, 0.5) is 0 Å². The molecule has 1 aromatic carbocycles. The van der Waals surface area contributed by atoms with Crippen LogP contribution in [0.1, 0.15) is 0 Å². The van der Waals surface area contributed by atoms with Gasteiger partial charge in [0.2, 0.25) is 0 Å². The maximum Gasteiger partial charge on any atom is 0.175 e. The van der Waals surface area contributed by atoms with Crippen molar-refractivity contribution in [1.82, 2.24) is 19.6 Å². The average Bonchev–Trinajstić information content (AvgIpc) is 2.83. The number of aromatic nitrogens is 4. The van der Waals surface area contributed by atoms with Gasteiger partial charge >= 0.3 is 0 Å². The van der Waals surface area contributed by atoms with E-state index < -0.39 is 0 Å². The summed E-state index contributed by atoms with van der Waals surface area (Å²) in [4.78, 5) is 0. The molecule has 0 aliphatic carbocycles. The number of aryl methyl sites for hydroxylation is 1. The molecule has 0 saturated carbocycles. The molecular formula is C11H10N4. The number of hydrogen-bond donors (Lipinski definition) is 0. The molecule has 2 aromatic heterocycles. The molecule has 3 rings (SSSR count). The second kappa shape index (κ2) is 2.95. The minimum absolute atomic E-state index is 0.846. The second-order valence-corrected chi connectivity index (χ2v) is 3.46. The summed E-state index contributed by atoms with van der Waals surface area (Å²) in [7, 11) is 1.90. The van der Waals surface area contributed by atoms with Gasteiger partial charge in [0.05, 0.1) is 11.7 Å². The molecule has 15 heavy (non-hydrogen) atoms. The summed E-state index contributed by atoms with van der Waals surface area (Å²) in [6.45, 7) is 0. The smallest absolute Gasteiger partial charge is 0.175 e. The summed E-state index contributed by atoms with van der Waals surface area (Å²) >= 11 is 0. The molecule has 0 bridgehead atoms. The van der Waals surface area contributed by atoms with Gasteiger partial charge in [-0.25, -0.2) is 4.68 Å². The predicted octanol–water partition coefficient (Wildman–Crippen LogP) is 1.76. The monoisotopic (exact) mass is 198 g/mol. The molecule has 0 atom stereocenters. The Labute approximate surface area is 86.7 Å². The molecule has 0 fully saturated rings. The van der Waals surface area contributed by atoms with Gasteiger partial charge < -0.3 is 0 Å². The molecule has 0 amide bonds. The zero-order chi connectivity index (χ0) is 10.3. The fraction of sp³-hybridized carbons (Fsp3) is 0.0909. The van der Waals surface area contributed by atoms with Crippen molar-refractivity contribution in [2.75, 3.05) is 0 Å². The highest BCUT2D eigenvalue weighted by Gasteiger charge is 2.05. The van der Waals surface area contributed by atoms with Crippen LogP contribution in [0.5, 0.6) is 0 Å². The SMILES string of the molecule is Cn1ccc(-n2ncc3ccccc32)n1. The summed E-state index contributed by atoms with van der Waals surface area (Å²) in [5.41, 5.74) is 1.08. The molecule has 4 nitrogen and oxygen atoms in total. The van der Waals surface area contributed by atoms with Gasteiger partial charge in [-0.15, -0.1) is 0 Å². The minimum atomic E-state index is 0.846. The van der Waals surface area contributed by atoms with Crippen LogP contribution in [0, 0.1) is 0 Å². The van der Waals surface area contributed by atoms with Gasteiger partial charge in [-0.2, -0.15) is 10.2 Å². The zero-order valence-electron chi connectivity index (χ0n) is 8.33. The van der Waals surface area contributed by atoms with E-state index in [1.54, 1.807) is 4.68 Å². The number of benzene rings is 1. The summed E-state index contributed by atoms with van der Waals surface area (Å²) < 4.78 is 3.61. The van der Waals surface area contributed by atoms with Gasteiger partial charge in [-0.05, 0) is 6.07 Å². The normalized spacial score (nSPS) is 11.0. The van der Waals surface area contributed by atoms with Gasteiger partial charge in [0.25, 0.3) is 0 Å². The molecule has 0 unspecified atom stereocenters. The summed E-state index contributed by atoms with van der Waals surface area (Å²) in [6, 6.07) is 10.0. The lowest BCUT2D eigenvalue weighted by Crippen LogP contribution is -1.98. The molecule has 74 valence electrons. The maximum atomic E-state index is 4.32. The summed E-state index contributed by atoms with van der Waals surface area (Å²) in [5, 5.41) is 9.77. The van der Waals surface area contributed by atoms with Gasteiger partial charge in [-0.3, -0.25) is 4.68 Å². The number of para-hydroxylation sites is 1. The lowest BCUT2D eigenvalue weighted by molar-refractivity contribution is 0.738. The van der Waals surface area contributed by atoms with Gasteiger partial charge in [0.15, 0.2) is 5.82 Å². The Morgan fingerprint density at radius 1 is 1.13 bits per heavy atom. The van der Waals surface area contributed by atoms with E-state index >= 15 is 0 Å². The van der Waals surface area contributed by atoms with Crippen molar-refractivity contribution in [1.29, 1.82) is 0 Å². The first kappa shape index (κ1) is 8.23. The molecule has 0 aliphatic rings. The largest absolute Gasteiger partial charge is 0.274 e. The van der Waals surface area contributed by atoms with E-state index in [0.29, 0.717) is 0 Å². The Balaban J connectivity index is 2.27. The first-order chi connectivity index (χ1) is 7.34. The average molecular weight is 198 g/mol. The van der Waals surface area contributed by atoms with Crippen molar-refractivity contribution in [3.8, 4) is 5.82 Å². The van der Waals surface area contributed by atoms with Crippen LogP contribution in [-0.4, -0.2) is 19.6 Å². The quantitative estimate of drug-likeness (QED) is 0.597. The molecule has 0 aliphatic heterocycles. The third-order valence-corrected chi connectivity index (χ3v) is 2.39. The predicted molar refractivity (Wildman–Crippen MR) is 57.8 cm³/mol. The topological polar surface area (TPSA) is 35.6 Å².